The number of aromatic nitrogens is 1. The number of nitrogens with zero attached hydrogens (tertiary/aromatic N) is 2. The monoisotopic (exact) mass is 512 g/mol. The van der Waals surface area contributed by atoms with E-state index in [1.807, 2.05) is 13.0 Å². The molecule has 1 aromatic carbocycles. The van der Waals surface area contributed by atoms with Crippen molar-refractivity contribution in [1.29, 1.82) is 0 Å². The summed E-state index contributed by atoms with van der Waals surface area (Å²) < 4.78 is 37.0. The first-order valence-electron chi connectivity index (χ1n) is 13.9. The summed E-state index contributed by atoms with van der Waals surface area (Å²) in [6, 6.07) is 9.03. The number of rotatable bonds is 6. The molecule has 0 spiro atoms. The smallest absolute Gasteiger partial charge is 0.245 e. The van der Waals surface area contributed by atoms with E-state index < -0.39 is 10.0 Å². The van der Waals surface area contributed by atoms with Gasteiger partial charge in [0.15, 0.2) is 0 Å². The maximum atomic E-state index is 13.8. The molecule has 2 aromatic rings. The molecule has 6 heteroatoms. The van der Waals surface area contributed by atoms with E-state index in [4.69, 9.17) is 4.74 Å². The molecule has 3 aliphatic rings. The maximum Gasteiger partial charge on any atom is 0.245 e. The van der Waals surface area contributed by atoms with Gasteiger partial charge in [-0.1, -0.05) is 53.0 Å². The van der Waals surface area contributed by atoms with Crippen molar-refractivity contribution >= 4 is 10.0 Å². The van der Waals surface area contributed by atoms with Gasteiger partial charge in [-0.25, -0.2) is 8.42 Å². The molecule has 36 heavy (non-hydrogen) atoms. The fraction of sp³-hybridized carbons (Fsp3) is 0.667. The number of hydrogen-bond donors (Lipinski definition) is 0. The third-order valence-electron chi connectivity index (χ3n) is 8.87. The number of benzene rings is 1. The highest BCUT2D eigenvalue weighted by Crippen LogP contribution is 2.49. The molecule has 1 aliphatic heterocycles. The third-order valence-corrected chi connectivity index (χ3v) is 10.9. The predicted molar refractivity (Wildman–Crippen MR) is 146 cm³/mol. The lowest BCUT2D eigenvalue weighted by Crippen LogP contribution is -2.40. The molecule has 1 saturated heterocycles. The van der Waals surface area contributed by atoms with Gasteiger partial charge < -0.3 is 9.30 Å². The molecular weight excluding hydrogens is 468 g/mol. The molecule has 0 radical (unpaired) electrons. The zero-order valence-electron chi connectivity index (χ0n) is 22.9. The minimum Gasteiger partial charge on any atom is -0.379 e. The summed E-state index contributed by atoms with van der Waals surface area (Å²) in [5.74, 6) is 0.605. The normalized spacial score (nSPS) is 21.6. The molecule has 2 saturated carbocycles. The van der Waals surface area contributed by atoms with Crippen LogP contribution in [0.3, 0.4) is 0 Å². The third kappa shape index (κ3) is 5.06. The molecule has 198 valence electrons. The molecule has 0 N–H and O–H groups in total. The van der Waals surface area contributed by atoms with Gasteiger partial charge in [0.05, 0.1) is 13.2 Å². The highest BCUT2D eigenvalue weighted by molar-refractivity contribution is 7.89. The average molecular weight is 513 g/mol. The molecule has 5 rings (SSSR count). The fourth-order valence-electron chi connectivity index (χ4n) is 5.94. The first kappa shape index (κ1) is 26.0. The summed E-state index contributed by atoms with van der Waals surface area (Å²) in [5.41, 5.74) is 6.08. The Labute approximate surface area is 218 Å². The Kier molecular flexibility index (Phi) is 6.93. The van der Waals surface area contributed by atoms with Crippen LogP contribution in [0.25, 0.3) is 11.3 Å². The van der Waals surface area contributed by atoms with Gasteiger partial charge >= 0.3 is 0 Å². The standard InChI is InChI=1S/C30H44N2O3S/c1-22-28(36(33,34)31-13-15-35-16-14-31)20-27(32(22)21-23-9-7-6-8-10-23)24-17-25(29(2,3)4)19-26(18-24)30(5)11-12-30/h17-20,23H,6-16,21H2,1-5H3. The van der Waals surface area contributed by atoms with Gasteiger partial charge in [-0.2, -0.15) is 4.31 Å². The second-order valence-corrected chi connectivity index (χ2v) is 14.6. The van der Waals surface area contributed by atoms with Crippen molar-refractivity contribution in [2.75, 3.05) is 26.3 Å². The van der Waals surface area contributed by atoms with Crippen LogP contribution in [-0.2, 0) is 32.1 Å². The van der Waals surface area contributed by atoms with Gasteiger partial charge in [-0.3, -0.25) is 0 Å². The summed E-state index contributed by atoms with van der Waals surface area (Å²) in [6.07, 6.45) is 8.78. The fourth-order valence-corrected chi connectivity index (χ4v) is 7.59. The van der Waals surface area contributed by atoms with Gasteiger partial charge in [0.2, 0.25) is 10.0 Å². The minimum absolute atomic E-state index is 0.0224. The second kappa shape index (κ2) is 9.59. The van der Waals surface area contributed by atoms with Gasteiger partial charge in [0.25, 0.3) is 0 Å². The van der Waals surface area contributed by atoms with Gasteiger partial charge in [-0.15, -0.1) is 0 Å². The second-order valence-electron chi connectivity index (χ2n) is 12.7. The molecule has 0 amide bonds. The summed E-state index contributed by atoms with van der Waals surface area (Å²) in [5, 5.41) is 0. The lowest BCUT2D eigenvalue weighted by molar-refractivity contribution is 0.0730. The summed E-state index contributed by atoms with van der Waals surface area (Å²) in [6.45, 7) is 13.8. The van der Waals surface area contributed by atoms with Gasteiger partial charge in [-0.05, 0) is 84.2 Å². The van der Waals surface area contributed by atoms with Crippen molar-refractivity contribution in [3.05, 3.63) is 41.1 Å². The van der Waals surface area contributed by atoms with Crippen LogP contribution in [-0.4, -0.2) is 43.6 Å². The zero-order valence-corrected chi connectivity index (χ0v) is 23.7. The Morgan fingerprint density at radius 1 is 1.00 bits per heavy atom. The van der Waals surface area contributed by atoms with E-state index in [9.17, 15) is 8.42 Å². The van der Waals surface area contributed by atoms with Crippen molar-refractivity contribution in [1.82, 2.24) is 8.87 Å². The highest BCUT2D eigenvalue weighted by Gasteiger charge is 2.40. The quantitative estimate of drug-likeness (QED) is 0.449. The van der Waals surface area contributed by atoms with Crippen molar-refractivity contribution in [2.24, 2.45) is 5.92 Å². The van der Waals surface area contributed by atoms with Crippen LogP contribution in [0.1, 0.15) is 89.5 Å². The van der Waals surface area contributed by atoms with Crippen LogP contribution >= 0.6 is 0 Å². The first-order valence-corrected chi connectivity index (χ1v) is 15.4. The van der Waals surface area contributed by atoms with Crippen LogP contribution in [0.2, 0.25) is 0 Å². The van der Waals surface area contributed by atoms with Crippen molar-refractivity contribution < 1.29 is 13.2 Å². The summed E-state index contributed by atoms with van der Waals surface area (Å²) >= 11 is 0. The van der Waals surface area contributed by atoms with Crippen LogP contribution in [0.15, 0.2) is 29.2 Å². The number of ether oxygens (including phenoxy) is 1. The Morgan fingerprint density at radius 2 is 1.67 bits per heavy atom. The molecule has 5 nitrogen and oxygen atoms in total. The van der Waals surface area contributed by atoms with Crippen LogP contribution in [0.4, 0.5) is 0 Å². The molecule has 0 bridgehead atoms. The van der Waals surface area contributed by atoms with E-state index in [2.05, 4.69) is 50.5 Å². The van der Waals surface area contributed by atoms with Gasteiger partial charge in [0.1, 0.15) is 4.90 Å². The molecule has 1 aromatic heterocycles. The predicted octanol–water partition coefficient (Wildman–Crippen LogP) is 6.41. The van der Waals surface area contributed by atoms with Crippen LogP contribution < -0.4 is 0 Å². The number of sulfonamides is 1. The van der Waals surface area contributed by atoms with Crippen molar-refractivity contribution in [2.45, 2.75) is 102 Å². The minimum atomic E-state index is -3.58. The Hall–Kier alpha value is -1.63. The van der Waals surface area contributed by atoms with Gasteiger partial charge in [0, 0.05) is 31.0 Å². The Morgan fingerprint density at radius 3 is 2.28 bits per heavy atom. The molecule has 3 fully saturated rings. The van der Waals surface area contributed by atoms with E-state index >= 15 is 0 Å². The average Bonchev–Trinajstić information content (AvgIpc) is 3.53. The molecule has 0 unspecified atom stereocenters. The summed E-state index contributed by atoms with van der Waals surface area (Å²) in [7, 11) is -3.58. The molecule has 0 atom stereocenters. The SMILES string of the molecule is Cc1c(S(=O)(=O)N2CCOCC2)cc(-c2cc(C(C)(C)C)cc(C3(C)CC3)c2)n1CC1CCCCC1. The van der Waals surface area contributed by atoms with Crippen molar-refractivity contribution in [3.8, 4) is 11.3 Å². The number of hydrogen-bond acceptors (Lipinski definition) is 3. The van der Waals surface area contributed by atoms with Crippen LogP contribution in [0, 0.1) is 12.8 Å². The Bertz CT molecular complexity index is 1180. The summed E-state index contributed by atoms with van der Waals surface area (Å²) in [4.78, 5) is 0.468. The van der Waals surface area contributed by atoms with Crippen molar-refractivity contribution in [3.63, 3.8) is 0 Å². The maximum absolute atomic E-state index is 13.8. The number of morpholine rings is 1. The van der Waals surface area contributed by atoms with E-state index in [1.54, 1.807) is 4.31 Å². The highest BCUT2D eigenvalue weighted by atomic mass is 32.2. The molecule has 2 aliphatic carbocycles. The largest absolute Gasteiger partial charge is 0.379 e. The molecular formula is C30H44N2O3S. The van der Waals surface area contributed by atoms with E-state index in [0.29, 0.717) is 37.1 Å². The first-order chi connectivity index (χ1) is 17.0. The van der Waals surface area contributed by atoms with E-state index in [-0.39, 0.29) is 10.8 Å². The lowest BCUT2D eigenvalue weighted by atomic mass is 9.82. The van der Waals surface area contributed by atoms with Crippen LogP contribution in [0.5, 0.6) is 0 Å². The van der Waals surface area contributed by atoms with E-state index in [1.165, 1.54) is 56.1 Å². The lowest BCUT2D eigenvalue weighted by Gasteiger charge is -2.27. The van der Waals surface area contributed by atoms with E-state index in [0.717, 1.165) is 23.5 Å². The topological polar surface area (TPSA) is 51.5 Å². The Balaban J connectivity index is 1.65. The molecule has 2 heterocycles. The zero-order chi connectivity index (χ0) is 25.7.